The number of carbonyl (C=O) groups is 1. The van der Waals surface area contributed by atoms with E-state index in [0.29, 0.717) is 10.9 Å². The van der Waals surface area contributed by atoms with Gasteiger partial charge in [0, 0.05) is 10.7 Å². The summed E-state index contributed by atoms with van der Waals surface area (Å²) in [6.45, 7) is 0. The predicted octanol–water partition coefficient (Wildman–Crippen LogP) is 3.87. The van der Waals surface area contributed by atoms with Gasteiger partial charge < -0.3 is 10.1 Å². The Bertz CT molecular complexity index is 413. The number of hydrogen-bond donors (Lipinski definition) is 1. The third-order valence-electron chi connectivity index (χ3n) is 3.74. The zero-order valence-electron chi connectivity index (χ0n) is 11.2. The molecule has 19 heavy (non-hydrogen) atoms. The minimum Gasteiger partial charge on any atom is -0.467 e. The van der Waals surface area contributed by atoms with Crippen LogP contribution in [0.25, 0.3) is 0 Å². The molecule has 0 saturated heterocycles. The number of ether oxygens (including phenoxy) is 1. The van der Waals surface area contributed by atoms with Crippen LogP contribution in [0.15, 0.2) is 24.3 Å². The molecule has 1 N–H and O–H groups in total. The van der Waals surface area contributed by atoms with Crippen LogP contribution in [0.5, 0.6) is 0 Å². The number of carbonyl (C=O) groups excluding carboxylic acids is 1. The summed E-state index contributed by atoms with van der Waals surface area (Å²) in [5.74, 6) is 0.179. The normalized spacial score (nSPS) is 17.8. The van der Waals surface area contributed by atoms with Gasteiger partial charge in [-0.1, -0.05) is 30.9 Å². The molecule has 2 rings (SSSR count). The first-order valence-electron chi connectivity index (χ1n) is 6.80. The monoisotopic (exact) mass is 281 g/mol. The van der Waals surface area contributed by atoms with Gasteiger partial charge in [0.05, 0.1) is 7.11 Å². The maximum Gasteiger partial charge on any atom is 0.328 e. The molecule has 1 aromatic carbocycles. The van der Waals surface area contributed by atoms with Crippen LogP contribution in [0.2, 0.25) is 5.02 Å². The molecule has 0 heterocycles. The topological polar surface area (TPSA) is 38.3 Å². The van der Waals surface area contributed by atoms with Crippen LogP contribution in [-0.2, 0) is 9.53 Å². The van der Waals surface area contributed by atoms with Gasteiger partial charge in [0.15, 0.2) is 0 Å². The SMILES string of the molecule is COC(=O)C(Nc1ccc(Cl)cc1)C1CCCCC1. The van der Waals surface area contributed by atoms with Gasteiger partial charge in [-0.2, -0.15) is 0 Å². The minimum atomic E-state index is -0.258. The summed E-state index contributed by atoms with van der Waals surface area (Å²) in [4.78, 5) is 12.0. The number of benzene rings is 1. The number of halogens is 1. The second-order valence-electron chi connectivity index (χ2n) is 5.05. The van der Waals surface area contributed by atoms with Crippen LogP contribution < -0.4 is 5.32 Å². The molecule has 1 aliphatic rings. The third-order valence-corrected chi connectivity index (χ3v) is 3.99. The van der Waals surface area contributed by atoms with Crippen molar-refractivity contribution in [3.63, 3.8) is 0 Å². The molecule has 0 radical (unpaired) electrons. The number of esters is 1. The van der Waals surface area contributed by atoms with Crippen molar-refractivity contribution in [1.82, 2.24) is 0 Å². The molecule has 4 heteroatoms. The van der Waals surface area contributed by atoms with E-state index in [1.807, 2.05) is 24.3 Å². The molecule has 0 bridgehead atoms. The van der Waals surface area contributed by atoms with E-state index in [1.165, 1.54) is 26.4 Å². The van der Waals surface area contributed by atoms with Crippen LogP contribution in [0, 0.1) is 5.92 Å². The van der Waals surface area contributed by atoms with E-state index in [4.69, 9.17) is 16.3 Å². The van der Waals surface area contributed by atoms with Gasteiger partial charge in [0.2, 0.25) is 0 Å². The highest BCUT2D eigenvalue weighted by molar-refractivity contribution is 6.30. The Kier molecular flexibility index (Phi) is 5.08. The Labute approximate surface area is 119 Å². The van der Waals surface area contributed by atoms with E-state index in [0.717, 1.165) is 18.5 Å². The number of methoxy groups -OCH3 is 1. The molecule has 1 aliphatic carbocycles. The summed E-state index contributed by atoms with van der Waals surface area (Å²) < 4.78 is 4.93. The van der Waals surface area contributed by atoms with Crippen LogP contribution >= 0.6 is 11.6 Å². The van der Waals surface area contributed by atoms with Crippen LogP contribution in [0.4, 0.5) is 5.69 Å². The highest BCUT2D eigenvalue weighted by Crippen LogP contribution is 2.29. The van der Waals surface area contributed by atoms with E-state index in [-0.39, 0.29) is 12.0 Å². The molecule has 1 saturated carbocycles. The first-order chi connectivity index (χ1) is 9.20. The zero-order valence-corrected chi connectivity index (χ0v) is 12.0. The summed E-state index contributed by atoms with van der Waals surface area (Å²) in [6, 6.07) is 7.16. The van der Waals surface area contributed by atoms with Gasteiger partial charge in [-0.3, -0.25) is 0 Å². The molecular formula is C15H20ClNO2. The molecule has 0 spiro atoms. The van der Waals surface area contributed by atoms with E-state index < -0.39 is 0 Å². The molecule has 0 aliphatic heterocycles. The van der Waals surface area contributed by atoms with E-state index >= 15 is 0 Å². The van der Waals surface area contributed by atoms with E-state index in [1.54, 1.807) is 0 Å². The summed E-state index contributed by atoms with van der Waals surface area (Å²) in [6.07, 6.45) is 5.83. The molecular weight excluding hydrogens is 262 g/mol. The van der Waals surface area contributed by atoms with Gasteiger partial charge in [0.1, 0.15) is 6.04 Å². The van der Waals surface area contributed by atoms with Crippen LogP contribution in [-0.4, -0.2) is 19.1 Å². The van der Waals surface area contributed by atoms with Gasteiger partial charge in [-0.15, -0.1) is 0 Å². The minimum absolute atomic E-state index is 0.179. The average molecular weight is 282 g/mol. The number of rotatable bonds is 4. The molecule has 3 nitrogen and oxygen atoms in total. The van der Waals surface area contributed by atoms with Crippen LogP contribution in [0.1, 0.15) is 32.1 Å². The van der Waals surface area contributed by atoms with Crippen molar-refractivity contribution in [2.24, 2.45) is 5.92 Å². The lowest BCUT2D eigenvalue weighted by Gasteiger charge is -2.29. The maximum atomic E-state index is 12.0. The fourth-order valence-corrected chi connectivity index (χ4v) is 2.82. The lowest BCUT2D eigenvalue weighted by Crippen LogP contribution is -2.38. The molecule has 0 aromatic heterocycles. The Morgan fingerprint density at radius 3 is 2.47 bits per heavy atom. The highest BCUT2D eigenvalue weighted by atomic mass is 35.5. The van der Waals surface area contributed by atoms with Crippen molar-refractivity contribution in [2.45, 2.75) is 38.1 Å². The van der Waals surface area contributed by atoms with E-state index in [9.17, 15) is 4.79 Å². The van der Waals surface area contributed by atoms with Gasteiger partial charge in [-0.05, 0) is 43.0 Å². The largest absolute Gasteiger partial charge is 0.467 e. The maximum absolute atomic E-state index is 12.0. The Balaban J connectivity index is 2.08. The summed E-state index contributed by atoms with van der Waals surface area (Å²) in [5.41, 5.74) is 0.908. The standard InChI is InChI=1S/C15H20ClNO2/c1-19-15(18)14(11-5-3-2-4-6-11)17-13-9-7-12(16)8-10-13/h7-11,14,17H,2-6H2,1H3. The molecule has 1 atom stereocenters. The first-order valence-corrected chi connectivity index (χ1v) is 7.18. The Morgan fingerprint density at radius 2 is 1.89 bits per heavy atom. The number of nitrogens with one attached hydrogen (secondary N) is 1. The summed E-state index contributed by atoms with van der Waals surface area (Å²) >= 11 is 5.87. The Hall–Kier alpha value is -1.22. The van der Waals surface area contributed by atoms with E-state index in [2.05, 4.69) is 5.32 Å². The van der Waals surface area contributed by atoms with Gasteiger partial charge in [-0.25, -0.2) is 4.79 Å². The molecule has 1 aromatic rings. The number of anilines is 1. The molecule has 1 fully saturated rings. The highest BCUT2D eigenvalue weighted by Gasteiger charge is 2.30. The zero-order chi connectivity index (χ0) is 13.7. The quantitative estimate of drug-likeness (QED) is 0.852. The van der Waals surface area contributed by atoms with Crippen molar-refractivity contribution in [3.05, 3.63) is 29.3 Å². The fourth-order valence-electron chi connectivity index (χ4n) is 2.69. The third kappa shape index (κ3) is 3.87. The lowest BCUT2D eigenvalue weighted by atomic mass is 9.83. The predicted molar refractivity (Wildman–Crippen MR) is 77.5 cm³/mol. The second-order valence-corrected chi connectivity index (χ2v) is 5.49. The average Bonchev–Trinajstić information content (AvgIpc) is 2.47. The number of hydrogen-bond acceptors (Lipinski definition) is 3. The Morgan fingerprint density at radius 1 is 1.26 bits per heavy atom. The van der Waals surface area contributed by atoms with Gasteiger partial charge in [0.25, 0.3) is 0 Å². The fraction of sp³-hybridized carbons (Fsp3) is 0.533. The van der Waals surface area contributed by atoms with Crippen molar-refractivity contribution >= 4 is 23.3 Å². The smallest absolute Gasteiger partial charge is 0.328 e. The summed E-state index contributed by atoms with van der Waals surface area (Å²) in [7, 11) is 1.45. The molecule has 104 valence electrons. The lowest BCUT2D eigenvalue weighted by molar-refractivity contribution is -0.143. The summed E-state index contributed by atoms with van der Waals surface area (Å²) in [5, 5.41) is 3.99. The van der Waals surface area contributed by atoms with Crippen molar-refractivity contribution in [1.29, 1.82) is 0 Å². The molecule has 1 unspecified atom stereocenters. The van der Waals surface area contributed by atoms with Crippen molar-refractivity contribution in [3.8, 4) is 0 Å². The molecule has 0 amide bonds. The van der Waals surface area contributed by atoms with Crippen LogP contribution in [0.3, 0.4) is 0 Å². The van der Waals surface area contributed by atoms with Crippen molar-refractivity contribution < 1.29 is 9.53 Å². The second kappa shape index (κ2) is 6.80. The van der Waals surface area contributed by atoms with Crippen molar-refractivity contribution in [2.75, 3.05) is 12.4 Å². The van der Waals surface area contributed by atoms with Gasteiger partial charge >= 0.3 is 5.97 Å². The first kappa shape index (κ1) is 14.2.